The second-order valence-electron chi connectivity index (χ2n) is 5.65. The van der Waals surface area contributed by atoms with Crippen LogP contribution in [0.3, 0.4) is 0 Å². The molecule has 5 heteroatoms. The van der Waals surface area contributed by atoms with Gasteiger partial charge in [0.2, 0.25) is 0 Å². The molecule has 0 amide bonds. The Labute approximate surface area is 142 Å². The van der Waals surface area contributed by atoms with Crippen LogP contribution in [-0.4, -0.2) is 31.3 Å². The lowest BCUT2D eigenvalue weighted by Gasteiger charge is -2.25. The molecule has 0 saturated carbocycles. The van der Waals surface area contributed by atoms with Crippen molar-refractivity contribution in [3.05, 3.63) is 59.7 Å². The minimum Gasteiger partial charge on any atom is -0.467 e. The molecule has 130 valence electrons. The number of carbonyl (C=O) groups excluding carboxylic acids is 2. The van der Waals surface area contributed by atoms with E-state index in [0.29, 0.717) is 5.56 Å². The van der Waals surface area contributed by atoms with Crippen LogP contribution in [0.25, 0.3) is 0 Å². The highest BCUT2D eigenvalue weighted by atomic mass is 16.5. The molecular weight excluding hydrogens is 308 g/mol. The summed E-state index contributed by atoms with van der Waals surface area (Å²) in [5.74, 6) is -0.942. The first kappa shape index (κ1) is 19.6. The van der Waals surface area contributed by atoms with Crippen molar-refractivity contribution in [3.63, 3.8) is 0 Å². The highest BCUT2D eigenvalue weighted by Crippen LogP contribution is 2.29. The van der Waals surface area contributed by atoms with Gasteiger partial charge in [0.25, 0.3) is 0 Å². The molecule has 0 aromatic heterocycles. The van der Waals surface area contributed by atoms with Gasteiger partial charge in [-0.1, -0.05) is 56.3 Å². The summed E-state index contributed by atoms with van der Waals surface area (Å²) in [6.45, 7) is 4.07. The first-order valence-corrected chi connectivity index (χ1v) is 7.67. The van der Waals surface area contributed by atoms with Crippen LogP contribution < -0.4 is 0 Å². The first-order chi connectivity index (χ1) is 11.3. The number of benzene rings is 1. The average molecular weight is 332 g/mol. The van der Waals surface area contributed by atoms with E-state index in [9.17, 15) is 14.7 Å². The molecule has 0 aliphatic heterocycles. The molecular formula is C19H24O5. The van der Waals surface area contributed by atoms with E-state index in [1.165, 1.54) is 26.4 Å². The molecule has 24 heavy (non-hydrogen) atoms. The zero-order valence-corrected chi connectivity index (χ0v) is 14.5. The third-order valence-corrected chi connectivity index (χ3v) is 3.65. The standard InChI is InChI=1S/C19H24O5/c1-14(2)15-9-8-10-16(13-15)19(22,18(21)24-4)12-7-5-6-11-17(20)23-3/h5-11,13-14,22H,12H2,1-4H3/b7-5+,11-6+. The predicted octanol–water partition coefficient (Wildman–Crippen LogP) is 2.85. The molecule has 1 rings (SSSR count). The second-order valence-corrected chi connectivity index (χ2v) is 5.65. The topological polar surface area (TPSA) is 72.8 Å². The van der Waals surface area contributed by atoms with Gasteiger partial charge < -0.3 is 14.6 Å². The maximum Gasteiger partial charge on any atom is 0.342 e. The largest absolute Gasteiger partial charge is 0.467 e. The van der Waals surface area contributed by atoms with Crippen molar-refractivity contribution in [3.8, 4) is 0 Å². The van der Waals surface area contributed by atoms with Gasteiger partial charge in [-0.05, 0) is 17.0 Å². The fraction of sp³-hybridized carbons (Fsp3) is 0.368. The third-order valence-electron chi connectivity index (χ3n) is 3.65. The number of esters is 2. The van der Waals surface area contributed by atoms with E-state index in [0.717, 1.165) is 5.56 Å². The lowest BCUT2D eigenvalue weighted by Crippen LogP contribution is -2.36. The average Bonchev–Trinajstić information content (AvgIpc) is 2.60. The molecule has 1 N–H and O–H groups in total. The predicted molar refractivity (Wildman–Crippen MR) is 91.4 cm³/mol. The Bertz CT molecular complexity index is 630. The Hall–Kier alpha value is -2.40. The molecule has 1 aromatic carbocycles. The lowest BCUT2D eigenvalue weighted by atomic mass is 9.87. The number of ether oxygens (including phenoxy) is 2. The highest BCUT2D eigenvalue weighted by Gasteiger charge is 2.38. The van der Waals surface area contributed by atoms with Crippen LogP contribution in [0.15, 0.2) is 48.6 Å². The highest BCUT2D eigenvalue weighted by molar-refractivity contribution is 5.82. The van der Waals surface area contributed by atoms with Gasteiger partial charge in [-0.2, -0.15) is 0 Å². The number of allylic oxidation sites excluding steroid dienone is 2. The van der Waals surface area contributed by atoms with E-state index < -0.39 is 17.5 Å². The normalized spacial score (nSPS) is 14.1. The summed E-state index contributed by atoms with van der Waals surface area (Å²) in [6, 6.07) is 7.25. The number of aliphatic hydroxyl groups is 1. The van der Waals surface area contributed by atoms with Gasteiger partial charge >= 0.3 is 11.9 Å². The smallest absolute Gasteiger partial charge is 0.342 e. The van der Waals surface area contributed by atoms with Crippen molar-refractivity contribution < 1.29 is 24.2 Å². The summed E-state index contributed by atoms with van der Waals surface area (Å²) in [5, 5.41) is 10.9. The van der Waals surface area contributed by atoms with Crippen LogP contribution >= 0.6 is 0 Å². The van der Waals surface area contributed by atoms with Crippen LogP contribution in [0, 0.1) is 0 Å². The SMILES string of the molecule is COC(=O)/C=C/C=C/CC(O)(C(=O)OC)c1cccc(C(C)C)c1. The van der Waals surface area contributed by atoms with Crippen LogP contribution in [0.5, 0.6) is 0 Å². The summed E-state index contributed by atoms with van der Waals surface area (Å²) in [4.78, 5) is 23.1. The summed E-state index contributed by atoms with van der Waals surface area (Å²) < 4.78 is 9.24. The Morgan fingerprint density at radius 3 is 2.50 bits per heavy atom. The maximum absolute atomic E-state index is 12.1. The molecule has 0 aliphatic rings. The minimum atomic E-state index is -1.78. The number of hydrogen-bond acceptors (Lipinski definition) is 5. The Morgan fingerprint density at radius 1 is 1.21 bits per heavy atom. The molecule has 0 fully saturated rings. The van der Waals surface area contributed by atoms with Gasteiger partial charge in [-0.3, -0.25) is 0 Å². The van der Waals surface area contributed by atoms with Crippen molar-refractivity contribution in [1.29, 1.82) is 0 Å². The Morgan fingerprint density at radius 2 is 1.92 bits per heavy atom. The molecule has 1 atom stereocenters. The molecule has 0 saturated heterocycles. The molecule has 1 unspecified atom stereocenters. The van der Waals surface area contributed by atoms with Crippen LogP contribution in [0.4, 0.5) is 0 Å². The van der Waals surface area contributed by atoms with Crippen molar-refractivity contribution in [2.24, 2.45) is 0 Å². The summed E-state index contributed by atoms with van der Waals surface area (Å²) >= 11 is 0. The Balaban J connectivity index is 3.05. The van der Waals surface area contributed by atoms with Gasteiger partial charge in [-0.25, -0.2) is 9.59 Å². The van der Waals surface area contributed by atoms with Gasteiger partial charge in [0, 0.05) is 12.5 Å². The zero-order chi connectivity index (χ0) is 18.2. The minimum absolute atomic E-state index is 0.0206. The van der Waals surface area contributed by atoms with E-state index >= 15 is 0 Å². The number of hydrogen-bond donors (Lipinski definition) is 1. The quantitative estimate of drug-likeness (QED) is 0.472. The molecule has 0 aliphatic carbocycles. The molecule has 5 nitrogen and oxygen atoms in total. The van der Waals surface area contributed by atoms with Gasteiger partial charge in [0.05, 0.1) is 14.2 Å². The monoisotopic (exact) mass is 332 g/mol. The molecule has 0 heterocycles. The van der Waals surface area contributed by atoms with Crippen molar-refractivity contribution in [1.82, 2.24) is 0 Å². The van der Waals surface area contributed by atoms with E-state index in [1.807, 2.05) is 19.9 Å². The van der Waals surface area contributed by atoms with Crippen LogP contribution in [-0.2, 0) is 24.7 Å². The third kappa shape index (κ3) is 5.06. The van der Waals surface area contributed by atoms with Crippen molar-refractivity contribution >= 4 is 11.9 Å². The zero-order valence-electron chi connectivity index (χ0n) is 14.5. The fourth-order valence-electron chi connectivity index (χ4n) is 2.16. The summed E-state index contributed by atoms with van der Waals surface area (Å²) in [5.41, 5.74) is -0.290. The van der Waals surface area contributed by atoms with Gasteiger partial charge in [0.1, 0.15) is 0 Å². The Kier molecular flexibility index (Phi) is 7.39. The van der Waals surface area contributed by atoms with E-state index in [1.54, 1.807) is 30.4 Å². The summed E-state index contributed by atoms with van der Waals surface area (Å²) in [6.07, 6.45) is 5.91. The lowest BCUT2D eigenvalue weighted by molar-refractivity contribution is -0.163. The van der Waals surface area contributed by atoms with E-state index in [2.05, 4.69) is 4.74 Å². The fourth-order valence-corrected chi connectivity index (χ4v) is 2.16. The van der Waals surface area contributed by atoms with Crippen molar-refractivity contribution in [2.45, 2.75) is 31.8 Å². The first-order valence-electron chi connectivity index (χ1n) is 7.67. The number of carbonyl (C=O) groups is 2. The molecule has 0 spiro atoms. The van der Waals surface area contributed by atoms with Crippen LogP contribution in [0.2, 0.25) is 0 Å². The number of rotatable bonds is 7. The summed E-state index contributed by atoms with van der Waals surface area (Å²) in [7, 11) is 2.52. The number of methoxy groups -OCH3 is 2. The van der Waals surface area contributed by atoms with E-state index in [-0.39, 0.29) is 12.3 Å². The van der Waals surface area contributed by atoms with Gasteiger partial charge in [0.15, 0.2) is 5.60 Å². The molecule has 0 radical (unpaired) electrons. The maximum atomic E-state index is 12.1. The van der Waals surface area contributed by atoms with Crippen molar-refractivity contribution in [2.75, 3.05) is 14.2 Å². The molecule has 1 aromatic rings. The van der Waals surface area contributed by atoms with Crippen LogP contribution in [0.1, 0.15) is 37.3 Å². The van der Waals surface area contributed by atoms with Gasteiger partial charge in [-0.15, -0.1) is 0 Å². The second kappa shape index (κ2) is 9.03. The van der Waals surface area contributed by atoms with E-state index in [4.69, 9.17) is 4.74 Å². The molecule has 0 bridgehead atoms.